The lowest BCUT2D eigenvalue weighted by Gasteiger charge is -2.23. The minimum absolute atomic E-state index is 0.000268. The number of carbonyl (C=O) groups excluding carboxylic acids is 2. The van der Waals surface area contributed by atoms with Crippen molar-refractivity contribution >= 4 is 76.8 Å². The average Bonchev–Trinajstić information content (AvgIpc) is 3.66. The van der Waals surface area contributed by atoms with E-state index in [4.69, 9.17) is 13.8 Å². The second kappa shape index (κ2) is 15.3. The number of sulfonamides is 2. The number of halogens is 2. The third-order valence-corrected chi connectivity index (χ3v) is 13.3. The number of furan rings is 2. The van der Waals surface area contributed by atoms with Crippen molar-refractivity contribution in [2.24, 2.45) is 0 Å². The fourth-order valence-electron chi connectivity index (χ4n) is 7.61. The molecular formula is C42H38F2N6O8S2. The highest BCUT2D eigenvalue weighted by atomic mass is 32.2. The molecule has 2 aromatic carbocycles. The van der Waals surface area contributed by atoms with E-state index in [1.807, 2.05) is 13.0 Å². The van der Waals surface area contributed by atoms with Crippen LogP contribution in [0, 0.1) is 11.6 Å². The van der Waals surface area contributed by atoms with Crippen LogP contribution in [0.25, 0.3) is 56.0 Å². The standard InChI is InChI=1S/C42H38F2N6O8S2/c1-23-7-5-19-50(37-29(23)21-31-33(39(51)45-2)35(57-41(31)47-37)25-9-13-27(43)14-10-25)60(55,56)20-17-24-8-6-18-49(59(4,53)54)38-30(24)22-32-34(40(52)46-3)36(58-42(32)48-38)26-11-15-28(44)16-12-26/h7,9-17,21-22H,5-6,8,18-20H2,1-4H3,(H,45,51)(H,46,52). The molecule has 6 aromatic rings. The predicted octanol–water partition coefficient (Wildman–Crippen LogP) is 6.89. The molecule has 2 amide bonds. The summed E-state index contributed by atoms with van der Waals surface area (Å²) in [6, 6.07) is 14.0. The third-order valence-electron chi connectivity index (χ3n) is 10.6. The Balaban J connectivity index is 1.25. The van der Waals surface area contributed by atoms with Gasteiger partial charge < -0.3 is 19.5 Å². The van der Waals surface area contributed by atoms with Gasteiger partial charge in [-0.15, -0.1) is 0 Å². The highest BCUT2D eigenvalue weighted by Crippen LogP contribution is 2.42. The Labute approximate surface area is 343 Å². The Morgan fingerprint density at radius 3 is 1.77 bits per heavy atom. The zero-order valence-electron chi connectivity index (χ0n) is 32.8. The van der Waals surface area contributed by atoms with E-state index in [0.29, 0.717) is 40.5 Å². The maximum Gasteiger partial charge on any atom is 0.255 e. The molecule has 0 bridgehead atoms. The van der Waals surface area contributed by atoms with E-state index >= 15 is 0 Å². The van der Waals surface area contributed by atoms with E-state index in [0.717, 1.165) is 16.1 Å². The van der Waals surface area contributed by atoms with Gasteiger partial charge >= 0.3 is 0 Å². The third kappa shape index (κ3) is 7.19. The Morgan fingerprint density at radius 2 is 1.27 bits per heavy atom. The SMILES string of the molecule is CNC(=O)c1c(-c2ccc(F)cc2)oc2nc3c(cc12)C(=CCS(=O)(=O)N1CCC=C(C)c2cc4c(C(=O)NC)c(-c5ccc(F)cc5)oc4nc21)CCCN3S(C)(=O)=O. The van der Waals surface area contributed by atoms with Crippen molar-refractivity contribution in [3.8, 4) is 22.6 Å². The van der Waals surface area contributed by atoms with E-state index < -0.39 is 49.2 Å². The number of amides is 2. The number of aromatic nitrogens is 2. The minimum Gasteiger partial charge on any atom is -0.437 e. The topological polar surface area (TPSA) is 185 Å². The van der Waals surface area contributed by atoms with Crippen LogP contribution in [-0.2, 0) is 20.0 Å². The highest BCUT2D eigenvalue weighted by Gasteiger charge is 2.34. The van der Waals surface area contributed by atoms with Gasteiger partial charge in [-0.25, -0.2) is 25.6 Å². The van der Waals surface area contributed by atoms with E-state index in [2.05, 4.69) is 15.6 Å². The molecule has 14 nitrogen and oxygen atoms in total. The molecular weight excluding hydrogens is 819 g/mol. The Hall–Kier alpha value is -6.40. The summed E-state index contributed by atoms with van der Waals surface area (Å²) in [5.74, 6) is -2.21. The number of nitrogens with zero attached hydrogens (tertiary/aromatic N) is 4. The number of rotatable bonds is 8. The summed E-state index contributed by atoms with van der Waals surface area (Å²) >= 11 is 0. The highest BCUT2D eigenvalue weighted by molar-refractivity contribution is 7.93. The van der Waals surface area contributed by atoms with E-state index in [1.54, 1.807) is 12.1 Å². The van der Waals surface area contributed by atoms with Crippen molar-refractivity contribution < 1.29 is 44.0 Å². The summed E-state index contributed by atoms with van der Waals surface area (Å²) in [5, 5.41) is 5.78. The van der Waals surface area contributed by atoms with Gasteiger partial charge in [0.05, 0.1) is 33.9 Å². The number of benzene rings is 2. The van der Waals surface area contributed by atoms with Crippen LogP contribution in [0.4, 0.5) is 20.4 Å². The first-order valence-corrected chi connectivity index (χ1v) is 22.3. The van der Waals surface area contributed by atoms with Gasteiger partial charge in [-0.3, -0.25) is 18.2 Å². The normalized spacial score (nSPS) is 15.4. The van der Waals surface area contributed by atoms with Gasteiger partial charge in [-0.1, -0.05) is 12.2 Å². The summed E-state index contributed by atoms with van der Waals surface area (Å²) in [5.41, 5.74) is 2.94. The van der Waals surface area contributed by atoms with Crippen LogP contribution < -0.4 is 19.2 Å². The maximum absolute atomic E-state index is 14.5. The maximum atomic E-state index is 14.5. The van der Waals surface area contributed by atoms with Crippen LogP contribution in [0.5, 0.6) is 0 Å². The molecule has 18 heteroatoms. The summed E-state index contributed by atoms with van der Waals surface area (Å²) in [6.45, 7) is 1.88. The number of fused-ring (bicyclic) bond motifs is 4. The van der Waals surface area contributed by atoms with Crippen LogP contribution in [0.3, 0.4) is 0 Å². The van der Waals surface area contributed by atoms with Crippen molar-refractivity contribution in [1.82, 2.24) is 20.6 Å². The quantitative estimate of drug-likeness (QED) is 0.163. The monoisotopic (exact) mass is 856 g/mol. The number of hydrogen-bond acceptors (Lipinski definition) is 10. The fourth-order valence-corrected chi connectivity index (χ4v) is 9.91. The van der Waals surface area contributed by atoms with Crippen LogP contribution in [0.15, 0.2) is 81.7 Å². The molecule has 0 saturated heterocycles. The first kappa shape index (κ1) is 40.4. The molecule has 0 fully saturated rings. The second-order valence-electron chi connectivity index (χ2n) is 14.4. The van der Waals surface area contributed by atoms with Crippen LogP contribution >= 0.6 is 0 Å². The summed E-state index contributed by atoms with van der Waals surface area (Å²) in [4.78, 5) is 36.0. The predicted molar refractivity (Wildman–Crippen MR) is 224 cm³/mol. The Kier molecular flexibility index (Phi) is 10.3. The minimum atomic E-state index is -4.22. The average molecular weight is 857 g/mol. The molecule has 8 rings (SSSR count). The largest absolute Gasteiger partial charge is 0.437 e. The lowest BCUT2D eigenvalue weighted by molar-refractivity contribution is 0.0956. The zero-order chi connectivity index (χ0) is 42.7. The molecule has 0 radical (unpaired) electrons. The summed E-state index contributed by atoms with van der Waals surface area (Å²) in [7, 11) is -5.22. The van der Waals surface area contributed by atoms with E-state index in [9.17, 15) is 35.2 Å². The lowest BCUT2D eigenvalue weighted by Crippen LogP contribution is -2.34. The fraction of sp³-hybridized carbons (Fsp3) is 0.238. The van der Waals surface area contributed by atoms with Crippen molar-refractivity contribution in [1.29, 1.82) is 0 Å². The lowest BCUT2D eigenvalue weighted by atomic mass is 9.99. The molecule has 60 heavy (non-hydrogen) atoms. The molecule has 0 saturated carbocycles. The molecule has 2 aliphatic rings. The first-order valence-electron chi connectivity index (χ1n) is 18.9. The van der Waals surface area contributed by atoms with Crippen LogP contribution in [-0.4, -0.2) is 77.8 Å². The van der Waals surface area contributed by atoms with Crippen molar-refractivity contribution in [2.45, 2.75) is 26.2 Å². The van der Waals surface area contributed by atoms with Gasteiger partial charge in [-0.2, -0.15) is 9.97 Å². The Morgan fingerprint density at radius 1 is 0.767 bits per heavy atom. The van der Waals surface area contributed by atoms with Gasteiger partial charge in [0.2, 0.25) is 31.5 Å². The van der Waals surface area contributed by atoms with Gasteiger partial charge in [-0.05, 0) is 98.0 Å². The van der Waals surface area contributed by atoms with Crippen LogP contribution in [0.2, 0.25) is 0 Å². The molecule has 0 aliphatic carbocycles. The molecule has 0 unspecified atom stereocenters. The molecule has 0 atom stereocenters. The van der Waals surface area contributed by atoms with E-state index in [1.165, 1.54) is 73.0 Å². The van der Waals surface area contributed by atoms with Gasteiger partial charge in [0.15, 0.2) is 11.6 Å². The molecule has 2 N–H and O–H groups in total. The summed E-state index contributed by atoms with van der Waals surface area (Å²) < 4.78 is 97.7. The number of nitrogens with one attached hydrogen (secondary N) is 2. The van der Waals surface area contributed by atoms with E-state index in [-0.39, 0.29) is 76.2 Å². The smallest absolute Gasteiger partial charge is 0.255 e. The number of anilines is 2. The van der Waals surface area contributed by atoms with Crippen molar-refractivity contribution in [2.75, 3.05) is 47.8 Å². The first-order chi connectivity index (χ1) is 28.6. The molecule has 0 spiro atoms. The number of allylic oxidation sites excluding steroid dienone is 2. The number of pyridine rings is 2. The summed E-state index contributed by atoms with van der Waals surface area (Å²) in [6.07, 6.45) is 5.36. The number of carbonyl (C=O) groups is 2. The zero-order valence-corrected chi connectivity index (χ0v) is 34.4. The molecule has 310 valence electrons. The van der Waals surface area contributed by atoms with Gasteiger partial charge in [0, 0.05) is 49.4 Å². The van der Waals surface area contributed by atoms with Crippen molar-refractivity contribution in [3.63, 3.8) is 0 Å². The van der Waals surface area contributed by atoms with Crippen LogP contribution in [0.1, 0.15) is 58.0 Å². The molecule has 2 aliphatic heterocycles. The van der Waals surface area contributed by atoms with Gasteiger partial charge in [0.1, 0.15) is 23.2 Å². The second-order valence-corrected chi connectivity index (χ2v) is 18.2. The molecule has 4 aromatic heterocycles. The Bertz CT molecular complexity index is 3030. The number of hydrogen-bond donors (Lipinski definition) is 2. The molecule has 6 heterocycles. The van der Waals surface area contributed by atoms with Crippen molar-refractivity contribution in [3.05, 3.63) is 107 Å². The van der Waals surface area contributed by atoms with Gasteiger partial charge in [0.25, 0.3) is 11.8 Å².